The molecule has 0 spiro atoms. The summed E-state index contributed by atoms with van der Waals surface area (Å²) < 4.78 is 189. The molecule has 2 aliphatic carbocycles. The first-order valence-corrected chi connectivity index (χ1v) is 12.2. The maximum atomic E-state index is 14.0. The van der Waals surface area contributed by atoms with Gasteiger partial charge in [0.25, 0.3) is 11.2 Å². The van der Waals surface area contributed by atoms with Crippen molar-refractivity contribution in [3.8, 4) is 0 Å². The first-order chi connectivity index (χ1) is 18.9. The van der Waals surface area contributed by atoms with Crippen LogP contribution >= 0.6 is 0 Å². The fourth-order valence-corrected chi connectivity index (χ4v) is 5.03. The van der Waals surface area contributed by atoms with Crippen LogP contribution in [0.15, 0.2) is 11.1 Å². The van der Waals surface area contributed by atoms with Crippen molar-refractivity contribution >= 4 is 5.97 Å². The Balaban J connectivity index is 0.000000844. The number of alkyl halides is 12. The number of methoxy groups -OCH3 is 3. The number of halogens is 12. The third-order valence-corrected chi connectivity index (χ3v) is 7.30. The summed E-state index contributed by atoms with van der Waals surface area (Å²) in [5.41, 5.74) is -15.7. The van der Waals surface area contributed by atoms with E-state index >= 15 is 0 Å². The van der Waals surface area contributed by atoms with Crippen LogP contribution in [0.25, 0.3) is 0 Å². The molecule has 0 saturated heterocycles. The van der Waals surface area contributed by atoms with Gasteiger partial charge in [0.1, 0.15) is 13.6 Å². The van der Waals surface area contributed by atoms with Gasteiger partial charge in [0, 0.05) is 14.2 Å². The van der Waals surface area contributed by atoms with Gasteiger partial charge in [-0.3, -0.25) is 4.79 Å². The lowest BCUT2D eigenvalue weighted by molar-refractivity contribution is -0.388. The average molecular weight is 644 g/mol. The van der Waals surface area contributed by atoms with E-state index in [1.165, 1.54) is 7.11 Å². The lowest BCUT2D eigenvalue weighted by Gasteiger charge is -2.46. The Bertz CT molecular complexity index is 862. The largest absolute Gasteiger partial charge is 0.469 e. The molecule has 2 bridgehead atoms. The summed E-state index contributed by atoms with van der Waals surface area (Å²) in [7, 11) is 2.68. The fraction of sp³-hybridized carbons (Fsp3) is 0.875. The van der Waals surface area contributed by atoms with E-state index < -0.39 is 91.7 Å². The first kappa shape index (κ1) is 38.2. The molecular weight excluding hydrogens is 612 g/mol. The van der Waals surface area contributed by atoms with Gasteiger partial charge in [-0.2, -0.15) is 52.7 Å². The van der Waals surface area contributed by atoms with E-state index in [0.29, 0.717) is 14.2 Å². The van der Waals surface area contributed by atoms with E-state index in [4.69, 9.17) is 0 Å². The molecule has 1 fully saturated rings. The SMILES string of the molecule is CCC(C)(C)C(=O)OC.COCOC(C1=C(C(OCOC)(C(F)(F)F)C(F)(F)F)C2CCC1C2)(C(F)(F)F)C(F)(F)F. The zero-order chi connectivity index (χ0) is 33.2. The molecule has 0 radical (unpaired) electrons. The first-order valence-electron chi connectivity index (χ1n) is 12.2. The van der Waals surface area contributed by atoms with Gasteiger partial charge < -0.3 is 23.7 Å². The summed E-state index contributed by atoms with van der Waals surface area (Å²) in [4.78, 5) is 10.8. The summed E-state index contributed by atoms with van der Waals surface area (Å²) in [6.07, 6.45) is -27.0. The molecule has 42 heavy (non-hydrogen) atoms. The Morgan fingerprint density at radius 1 is 0.667 bits per heavy atom. The van der Waals surface area contributed by atoms with E-state index in [9.17, 15) is 57.5 Å². The third kappa shape index (κ3) is 6.80. The monoisotopic (exact) mass is 644 g/mol. The van der Waals surface area contributed by atoms with Crippen LogP contribution in [-0.2, 0) is 28.5 Å². The Hall–Kier alpha value is -1.79. The molecule has 18 heteroatoms. The van der Waals surface area contributed by atoms with Gasteiger partial charge in [-0.1, -0.05) is 6.92 Å². The summed E-state index contributed by atoms with van der Waals surface area (Å²) >= 11 is 0. The zero-order valence-corrected chi connectivity index (χ0v) is 23.4. The highest BCUT2D eigenvalue weighted by Gasteiger charge is 2.82. The van der Waals surface area contributed by atoms with Gasteiger partial charge in [-0.25, -0.2) is 0 Å². The molecule has 0 heterocycles. The second-order valence-electron chi connectivity index (χ2n) is 10.2. The molecule has 0 aromatic rings. The quantitative estimate of drug-likeness (QED) is 0.108. The van der Waals surface area contributed by atoms with Gasteiger partial charge in [-0.05, 0) is 62.5 Å². The van der Waals surface area contributed by atoms with Crippen LogP contribution in [0.5, 0.6) is 0 Å². The van der Waals surface area contributed by atoms with Crippen LogP contribution in [0, 0.1) is 17.3 Å². The Morgan fingerprint density at radius 3 is 1.17 bits per heavy atom. The van der Waals surface area contributed by atoms with Crippen molar-refractivity contribution in [2.24, 2.45) is 17.3 Å². The summed E-state index contributed by atoms with van der Waals surface area (Å²) in [6.45, 7) is 2.27. The van der Waals surface area contributed by atoms with Crippen molar-refractivity contribution in [2.75, 3.05) is 34.9 Å². The van der Waals surface area contributed by atoms with Crippen LogP contribution in [0.4, 0.5) is 52.7 Å². The van der Waals surface area contributed by atoms with Crippen molar-refractivity contribution in [3.63, 3.8) is 0 Å². The van der Waals surface area contributed by atoms with E-state index in [1.807, 2.05) is 20.8 Å². The van der Waals surface area contributed by atoms with Crippen molar-refractivity contribution in [1.82, 2.24) is 0 Å². The number of hydrogen-bond acceptors (Lipinski definition) is 6. The minimum Gasteiger partial charge on any atom is -0.469 e. The van der Waals surface area contributed by atoms with E-state index in [1.54, 1.807) is 0 Å². The van der Waals surface area contributed by atoms with Crippen molar-refractivity contribution < 1.29 is 81.2 Å². The molecule has 0 aromatic carbocycles. The van der Waals surface area contributed by atoms with Gasteiger partial charge in [0.05, 0.1) is 12.5 Å². The molecule has 2 unspecified atom stereocenters. The van der Waals surface area contributed by atoms with Crippen molar-refractivity contribution in [2.45, 2.75) is 82.4 Å². The molecule has 1 saturated carbocycles. The lowest BCUT2D eigenvalue weighted by atomic mass is 9.73. The van der Waals surface area contributed by atoms with Crippen LogP contribution < -0.4 is 0 Å². The summed E-state index contributed by atoms with van der Waals surface area (Å²) in [5, 5.41) is 0. The maximum absolute atomic E-state index is 14.0. The highest BCUT2D eigenvalue weighted by Crippen LogP contribution is 2.66. The molecule has 0 N–H and O–H groups in total. The number of ether oxygens (including phenoxy) is 5. The standard InChI is InChI=1S/C17H18F12O4.C7H14O2/c1-30-6-32-12(14(18,19)20,15(21,22)23)10-8-3-4-9(5-8)11(10)13(16(24,25)26,17(27,28)29)33-7-31-2;1-5-7(2,3)6(8)9-4/h8-9H,3-7H2,1-2H3;5H2,1-4H3. The van der Waals surface area contributed by atoms with Crippen LogP contribution in [0.3, 0.4) is 0 Å². The van der Waals surface area contributed by atoms with Crippen LogP contribution in [0.2, 0.25) is 0 Å². The molecule has 2 atom stereocenters. The topological polar surface area (TPSA) is 63.2 Å². The molecular formula is C24H32F12O6. The van der Waals surface area contributed by atoms with Crippen LogP contribution in [0.1, 0.15) is 46.5 Å². The predicted octanol–water partition coefficient (Wildman–Crippen LogP) is 7.28. The van der Waals surface area contributed by atoms with E-state index in [-0.39, 0.29) is 11.4 Å². The minimum atomic E-state index is -6.50. The molecule has 0 aromatic heterocycles. The van der Waals surface area contributed by atoms with E-state index in [0.717, 1.165) is 6.42 Å². The van der Waals surface area contributed by atoms with Gasteiger partial charge >= 0.3 is 30.7 Å². The van der Waals surface area contributed by atoms with E-state index in [2.05, 4.69) is 23.7 Å². The second kappa shape index (κ2) is 13.1. The lowest BCUT2D eigenvalue weighted by Crippen LogP contribution is -2.65. The minimum absolute atomic E-state index is 0.134. The van der Waals surface area contributed by atoms with Gasteiger partial charge in [-0.15, -0.1) is 0 Å². The predicted molar refractivity (Wildman–Crippen MR) is 120 cm³/mol. The Kier molecular flexibility index (Phi) is 11.9. The molecule has 6 nitrogen and oxygen atoms in total. The number of fused-ring (bicyclic) bond motifs is 2. The third-order valence-electron chi connectivity index (χ3n) is 7.30. The van der Waals surface area contributed by atoms with Crippen LogP contribution in [-0.4, -0.2) is 76.8 Å². The highest BCUT2D eigenvalue weighted by atomic mass is 19.4. The second-order valence-corrected chi connectivity index (χ2v) is 10.2. The Labute approximate surface area is 233 Å². The average Bonchev–Trinajstić information content (AvgIpc) is 3.44. The Morgan fingerprint density at radius 2 is 0.976 bits per heavy atom. The van der Waals surface area contributed by atoms with Crippen molar-refractivity contribution in [3.05, 3.63) is 11.1 Å². The molecule has 2 aliphatic rings. The molecule has 0 aliphatic heterocycles. The number of rotatable bonds is 10. The number of carbonyl (C=O) groups excluding carboxylic acids is 1. The number of carbonyl (C=O) groups is 1. The van der Waals surface area contributed by atoms with Crippen molar-refractivity contribution in [1.29, 1.82) is 0 Å². The summed E-state index contributed by atoms with van der Waals surface area (Å²) in [6, 6.07) is 0. The molecule has 248 valence electrons. The normalized spacial score (nSPS) is 20.5. The molecule has 0 amide bonds. The maximum Gasteiger partial charge on any atom is 0.430 e. The number of hydrogen-bond donors (Lipinski definition) is 0. The summed E-state index contributed by atoms with van der Waals surface area (Å²) in [5.74, 6) is -3.99. The molecule has 2 rings (SSSR count). The fourth-order valence-electron chi connectivity index (χ4n) is 5.03. The smallest absolute Gasteiger partial charge is 0.430 e. The highest BCUT2D eigenvalue weighted by molar-refractivity contribution is 5.75. The zero-order valence-electron chi connectivity index (χ0n) is 23.4. The van der Waals surface area contributed by atoms with Gasteiger partial charge in [0.15, 0.2) is 0 Å². The van der Waals surface area contributed by atoms with Gasteiger partial charge in [0.2, 0.25) is 0 Å². The number of esters is 1.